The number of nitrogens with two attached hydrogens (primary N) is 1. The molecule has 144 valence electrons. The fourth-order valence-electron chi connectivity index (χ4n) is 2.87. The molecule has 9 heteroatoms. The number of halogens is 1. The van der Waals surface area contributed by atoms with Gasteiger partial charge in [0.15, 0.2) is 0 Å². The lowest BCUT2D eigenvalue weighted by Gasteiger charge is -2.12. The van der Waals surface area contributed by atoms with Gasteiger partial charge in [0, 0.05) is 28.6 Å². The second-order valence-corrected chi connectivity index (χ2v) is 6.93. The Morgan fingerprint density at radius 1 is 1.24 bits per heavy atom. The minimum absolute atomic E-state index is 0.0276. The van der Waals surface area contributed by atoms with Crippen LogP contribution in [-0.2, 0) is 4.79 Å². The van der Waals surface area contributed by atoms with E-state index >= 15 is 0 Å². The maximum Gasteiger partial charge on any atom is 0.277 e. The van der Waals surface area contributed by atoms with Crippen LogP contribution in [0.15, 0.2) is 53.0 Å². The summed E-state index contributed by atoms with van der Waals surface area (Å²) in [5.41, 5.74) is 8.20. The van der Waals surface area contributed by atoms with Crippen LogP contribution in [0.1, 0.15) is 12.5 Å². The lowest BCUT2D eigenvalue weighted by molar-refractivity contribution is -0.384. The number of rotatable bonds is 4. The van der Waals surface area contributed by atoms with Gasteiger partial charge in [-0.15, -0.1) is 0 Å². The summed E-state index contributed by atoms with van der Waals surface area (Å²) in [7, 11) is 0. The van der Waals surface area contributed by atoms with Crippen LogP contribution in [0.5, 0.6) is 0 Å². The van der Waals surface area contributed by atoms with Gasteiger partial charge in [-0.3, -0.25) is 14.9 Å². The Hall–Kier alpha value is -3.77. The zero-order valence-corrected chi connectivity index (χ0v) is 16.7. The molecule has 0 aliphatic rings. The number of carbonyl (C=O) groups is 1. The zero-order valence-electron chi connectivity index (χ0n) is 15.1. The number of nitrogens with one attached hydrogen (secondary N) is 1. The van der Waals surface area contributed by atoms with Gasteiger partial charge in [-0.25, -0.2) is 4.98 Å². The van der Waals surface area contributed by atoms with Gasteiger partial charge >= 0.3 is 0 Å². The largest absolute Gasteiger partial charge is 0.383 e. The molecule has 1 heterocycles. The molecule has 0 fully saturated rings. The van der Waals surface area contributed by atoms with E-state index in [1.54, 1.807) is 42.5 Å². The number of aromatic nitrogens is 1. The first-order chi connectivity index (χ1) is 13.8. The van der Waals surface area contributed by atoms with Gasteiger partial charge in [-0.05, 0) is 40.2 Å². The highest BCUT2D eigenvalue weighted by Crippen LogP contribution is 2.37. The number of nitro groups is 1. The Morgan fingerprint density at radius 2 is 1.97 bits per heavy atom. The van der Waals surface area contributed by atoms with E-state index in [-0.39, 0.29) is 28.5 Å². The number of carbonyl (C=O) groups excluding carboxylic acids is 1. The molecule has 0 atom stereocenters. The maximum atomic E-state index is 11.4. The molecule has 0 bridgehead atoms. The first-order valence-electron chi connectivity index (χ1n) is 8.33. The van der Waals surface area contributed by atoms with Gasteiger partial charge in [0.25, 0.3) is 5.69 Å². The number of hydrogen-bond donors (Lipinski definition) is 2. The summed E-state index contributed by atoms with van der Waals surface area (Å²) in [6, 6.07) is 14.9. The molecule has 0 aliphatic heterocycles. The number of amides is 1. The van der Waals surface area contributed by atoms with E-state index in [2.05, 4.69) is 26.2 Å². The summed E-state index contributed by atoms with van der Waals surface area (Å²) in [6.07, 6.45) is 0. The van der Waals surface area contributed by atoms with Crippen molar-refractivity contribution in [2.24, 2.45) is 0 Å². The maximum absolute atomic E-state index is 11.4. The van der Waals surface area contributed by atoms with Crippen LogP contribution in [-0.4, -0.2) is 15.8 Å². The van der Waals surface area contributed by atoms with E-state index in [1.807, 2.05) is 6.07 Å². The second-order valence-electron chi connectivity index (χ2n) is 6.08. The number of nitro benzene ring substituents is 1. The van der Waals surface area contributed by atoms with E-state index in [4.69, 9.17) is 5.73 Å². The average Bonchev–Trinajstić information content (AvgIpc) is 2.68. The van der Waals surface area contributed by atoms with E-state index < -0.39 is 4.92 Å². The van der Waals surface area contributed by atoms with Crippen molar-refractivity contribution in [3.05, 3.63) is 68.7 Å². The van der Waals surface area contributed by atoms with E-state index in [1.165, 1.54) is 13.0 Å². The third kappa shape index (κ3) is 4.07. The lowest BCUT2D eigenvalue weighted by atomic mass is 9.97. The first-order valence-corrected chi connectivity index (χ1v) is 9.13. The summed E-state index contributed by atoms with van der Waals surface area (Å²) in [5, 5.41) is 23.7. The van der Waals surface area contributed by atoms with Crippen LogP contribution in [0.3, 0.4) is 0 Å². The molecule has 29 heavy (non-hydrogen) atoms. The van der Waals surface area contributed by atoms with Crippen molar-refractivity contribution in [2.45, 2.75) is 6.92 Å². The minimum atomic E-state index is -0.508. The molecular formula is C20H14BrN5O3. The Kier molecular flexibility index (Phi) is 5.57. The van der Waals surface area contributed by atoms with Crippen LogP contribution in [0.2, 0.25) is 0 Å². The highest BCUT2D eigenvalue weighted by atomic mass is 79.9. The second kappa shape index (κ2) is 8.08. The lowest BCUT2D eigenvalue weighted by Crippen LogP contribution is -2.06. The summed E-state index contributed by atoms with van der Waals surface area (Å²) in [6.45, 7) is 1.41. The molecule has 0 spiro atoms. The van der Waals surface area contributed by atoms with Crippen LogP contribution < -0.4 is 11.1 Å². The Morgan fingerprint density at radius 3 is 2.59 bits per heavy atom. The number of benzene rings is 2. The predicted molar refractivity (Wildman–Crippen MR) is 113 cm³/mol. The SMILES string of the molecule is CC(=O)Nc1ccc(-c2cc(-c3ccccc3[N+](=O)[O-])c(C#N)c(N)n2)cc1Br. The smallest absolute Gasteiger partial charge is 0.277 e. The molecular weight excluding hydrogens is 438 g/mol. The molecule has 0 unspecified atom stereocenters. The van der Waals surface area contributed by atoms with Crippen molar-refractivity contribution >= 4 is 39.0 Å². The molecule has 8 nitrogen and oxygen atoms in total. The Balaban J connectivity index is 2.20. The van der Waals surface area contributed by atoms with Crippen molar-refractivity contribution in [2.75, 3.05) is 11.1 Å². The zero-order chi connectivity index (χ0) is 21.1. The monoisotopic (exact) mass is 451 g/mol. The minimum Gasteiger partial charge on any atom is -0.383 e. The van der Waals surface area contributed by atoms with Crippen molar-refractivity contribution in [1.82, 2.24) is 4.98 Å². The van der Waals surface area contributed by atoms with Gasteiger partial charge < -0.3 is 11.1 Å². The summed E-state index contributed by atoms with van der Waals surface area (Å²) in [4.78, 5) is 26.5. The van der Waals surface area contributed by atoms with E-state index in [9.17, 15) is 20.2 Å². The number of hydrogen-bond acceptors (Lipinski definition) is 6. The normalized spacial score (nSPS) is 10.2. The highest BCUT2D eigenvalue weighted by molar-refractivity contribution is 9.10. The number of anilines is 2. The molecule has 1 amide bonds. The molecule has 0 aliphatic carbocycles. The molecule has 3 aromatic rings. The van der Waals surface area contributed by atoms with Gasteiger partial charge in [-0.2, -0.15) is 5.26 Å². The van der Waals surface area contributed by atoms with Crippen LogP contribution >= 0.6 is 15.9 Å². The number of nitrogen functional groups attached to an aromatic ring is 1. The van der Waals surface area contributed by atoms with Gasteiger partial charge in [0.2, 0.25) is 5.91 Å². The van der Waals surface area contributed by atoms with E-state index in [0.717, 1.165) is 0 Å². The Bertz CT molecular complexity index is 1190. The highest BCUT2D eigenvalue weighted by Gasteiger charge is 2.21. The predicted octanol–water partition coefficient (Wildman–Crippen LogP) is 4.50. The topological polar surface area (TPSA) is 135 Å². The van der Waals surface area contributed by atoms with Crippen LogP contribution in [0, 0.1) is 21.4 Å². The quantitative estimate of drug-likeness (QED) is 0.442. The van der Waals surface area contributed by atoms with Crippen molar-refractivity contribution in [1.29, 1.82) is 5.26 Å². The van der Waals surface area contributed by atoms with Crippen LogP contribution in [0.4, 0.5) is 17.2 Å². The number of pyridine rings is 1. The molecule has 0 saturated heterocycles. The summed E-state index contributed by atoms with van der Waals surface area (Å²) in [5.74, 6) is -0.238. The number of nitrogens with zero attached hydrogens (tertiary/aromatic N) is 3. The number of nitriles is 1. The average molecular weight is 452 g/mol. The van der Waals surface area contributed by atoms with Gasteiger partial charge in [0.05, 0.1) is 21.9 Å². The van der Waals surface area contributed by atoms with Crippen molar-refractivity contribution in [3.8, 4) is 28.5 Å². The van der Waals surface area contributed by atoms with Crippen molar-refractivity contribution in [3.63, 3.8) is 0 Å². The standard InChI is InChI=1S/C20H14BrN5O3/c1-11(27)24-17-7-6-12(8-16(17)21)18-9-14(15(10-22)20(23)25-18)13-4-2-3-5-19(13)26(28)29/h2-9H,1H3,(H2,23,25)(H,24,27). The van der Waals surface area contributed by atoms with E-state index in [0.29, 0.717) is 27.0 Å². The van der Waals surface area contributed by atoms with Gasteiger partial charge in [0.1, 0.15) is 17.5 Å². The first kappa shape index (κ1) is 20.0. The molecule has 0 radical (unpaired) electrons. The van der Waals surface area contributed by atoms with Crippen LogP contribution in [0.25, 0.3) is 22.4 Å². The van der Waals surface area contributed by atoms with Crippen molar-refractivity contribution < 1.29 is 9.72 Å². The fourth-order valence-corrected chi connectivity index (χ4v) is 3.35. The molecule has 3 rings (SSSR count). The molecule has 3 N–H and O–H groups in total. The van der Waals surface area contributed by atoms with Gasteiger partial charge in [-0.1, -0.05) is 18.2 Å². The number of para-hydroxylation sites is 1. The third-order valence-electron chi connectivity index (χ3n) is 4.13. The molecule has 0 saturated carbocycles. The Labute approximate surface area is 174 Å². The summed E-state index contributed by atoms with van der Waals surface area (Å²) >= 11 is 3.40. The fraction of sp³-hybridized carbons (Fsp3) is 0.0500. The molecule has 2 aromatic carbocycles. The third-order valence-corrected chi connectivity index (χ3v) is 4.78. The summed E-state index contributed by atoms with van der Waals surface area (Å²) < 4.78 is 0.627. The molecule has 1 aromatic heterocycles.